The van der Waals surface area contributed by atoms with E-state index in [1.165, 1.54) is 0 Å². The number of nitrogens with one attached hydrogen (secondary N) is 1. The molecule has 0 bridgehead atoms. The minimum atomic E-state index is -4.38. The molecule has 1 rings (SSSR count). The molecular formula is C12H15F2NO4S. The molecule has 0 saturated carbocycles. The molecule has 2 unspecified atom stereocenters. The topological polar surface area (TPSA) is 83.5 Å². The van der Waals surface area contributed by atoms with Crippen LogP contribution in [0.5, 0.6) is 0 Å². The highest BCUT2D eigenvalue weighted by Gasteiger charge is 2.30. The summed E-state index contributed by atoms with van der Waals surface area (Å²) < 4.78 is 52.1. The van der Waals surface area contributed by atoms with Crippen molar-refractivity contribution in [3.05, 3.63) is 29.8 Å². The van der Waals surface area contributed by atoms with Gasteiger partial charge in [0.1, 0.15) is 22.6 Å². The van der Waals surface area contributed by atoms with Gasteiger partial charge in [-0.25, -0.2) is 17.2 Å². The highest BCUT2D eigenvalue weighted by Crippen LogP contribution is 2.18. The van der Waals surface area contributed by atoms with Crippen LogP contribution >= 0.6 is 0 Å². The zero-order chi connectivity index (χ0) is 15.5. The number of carboxylic acids is 1. The Labute approximate surface area is 115 Å². The van der Waals surface area contributed by atoms with Crippen molar-refractivity contribution in [3.8, 4) is 0 Å². The molecular weight excluding hydrogens is 292 g/mol. The van der Waals surface area contributed by atoms with E-state index in [1.807, 2.05) is 4.72 Å². The van der Waals surface area contributed by atoms with Gasteiger partial charge in [0.25, 0.3) is 0 Å². The summed E-state index contributed by atoms with van der Waals surface area (Å²) in [6, 6.07) is 0.585. The van der Waals surface area contributed by atoms with E-state index >= 15 is 0 Å². The number of halogens is 2. The molecule has 1 aromatic rings. The first-order valence-electron chi connectivity index (χ1n) is 5.89. The van der Waals surface area contributed by atoms with Crippen LogP contribution in [-0.4, -0.2) is 25.5 Å². The molecule has 0 spiro atoms. The largest absolute Gasteiger partial charge is 0.480 e. The maximum absolute atomic E-state index is 13.5. The molecule has 2 atom stereocenters. The van der Waals surface area contributed by atoms with Crippen molar-refractivity contribution in [2.75, 3.05) is 0 Å². The number of benzene rings is 1. The second-order valence-corrected chi connectivity index (χ2v) is 6.08. The van der Waals surface area contributed by atoms with E-state index in [0.29, 0.717) is 12.5 Å². The maximum atomic E-state index is 13.5. The van der Waals surface area contributed by atoms with Gasteiger partial charge < -0.3 is 5.11 Å². The van der Waals surface area contributed by atoms with Crippen molar-refractivity contribution in [3.63, 3.8) is 0 Å². The van der Waals surface area contributed by atoms with Crippen LogP contribution in [0.2, 0.25) is 0 Å². The molecule has 20 heavy (non-hydrogen) atoms. The molecule has 0 heterocycles. The van der Waals surface area contributed by atoms with Gasteiger partial charge in [-0.1, -0.05) is 20.3 Å². The Morgan fingerprint density at radius 3 is 2.45 bits per heavy atom. The summed E-state index contributed by atoms with van der Waals surface area (Å²) in [6.07, 6.45) is 0.422. The van der Waals surface area contributed by atoms with Crippen LogP contribution in [0.1, 0.15) is 20.3 Å². The molecule has 0 aliphatic carbocycles. The third-order valence-electron chi connectivity index (χ3n) is 2.94. The van der Waals surface area contributed by atoms with Crippen LogP contribution in [0, 0.1) is 17.6 Å². The Hall–Kier alpha value is -1.54. The first kappa shape index (κ1) is 16.5. The molecule has 112 valence electrons. The molecule has 0 saturated heterocycles. The number of carboxylic acid groups (broad SMARTS) is 1. The predicted molar refractivity (Wildman–Crippen MR) is 67.6 cm³/mol. The highest BCUT2D eigenvalue weighted by atomic mass is 32.2. The summed E-state index contributed by atoms with van der Waals surface area (Å²) in [5.74, 6) is -4.03. The van der Waals surface area contributed by atoms with E-state index < -0.39 is 44.5 Å². The predicted octanol–water partition coefficient (Wildman–Crippen LogP) is 1.74. The van der Waals surface area contributed by atoms with Gasteiger partial charge >= 0.3 is 5.97 Å². The van der Waals surface area contributed by atoms with Gasteiger partial charge in [-0.2, -0.15) is 4.72 Å². The molecule has 0 amide bonds. The fraction of sp³-hybridized carbons (Fsp3) is 0.417. The lowest BCUT2D eigenvalue weighted by molar-refractivity contribution is -0.140. The summed E-state index contributed by atoms with van der Waals surface area (Å²) in [6.45, 7) is 3.26. The summed E-state index contributed by atoms with van der Waals surface area (Å²) in [4.78, 5) is 10.3. The number of carbonyl (C=O) groups is 1. The fourth-order valence-corrected chi connectivity index (χ4v) is 2.93. The van der Waals surface area contributed by atoms with Gasteiger partial charge in [0.2, 0.25) is 10.0 Å². The first-order chi connectivity index (χ1) is 9.19. The second-order valence-electron chi connectivity index (χ2n) is 4.40. The van der Waals surface area contributed by atoms with Gasteiger partial charge in [0.15, 0.2) is 0 Å². The average Bonchev–Trinajstić information content (AvgIpc) is 2.34. The van der Waals surface area contributed by atoms with Gasteiger partial charge in [-0.15, -0.1) is 0 Å². The lowest BCUT2D eigenvalue weighted by atomic mass is 10.0. The maximum Gasteiger partial charge on any atom is 0.322 e. The monoisotopic (exact) mass is 307 g/mol. The summed E-state index contributed by atoms with van der Waals surface area (Å²) in [5.41, 5.74) is 0. The van der Waals surface area contributed by atoms with Crippen LogP contribution < -0.4 is 4.72 Å². The zero-order valence-corrected chi connectivity index (χ0v) is 11.7. The van der Waals surface area contributed by atoms with E-state index in [9.17, 15) is 22.0 Å². The van der Waals surface area contributed by atoms with E-state index in [0.717, 1.165) is 12.1 Å². The minimum absolute atomic E-state index is 0.422. The fourth-order valence-electron chi connectivity index (χ4n) is 1.57. The third-order valence-corrected chi connectivity index (χ3v) is 4.42. The van der Waals surface area contributed by atoms with E-state index in [2.05, 4.69) is 0 Å². The van der Waals surface area contributed by atoms with Crippen molar-refractivity contribution in [2.45, 2.75) is 31.2 Å². The number of hydrogen-bond acceptors (Lipinski definition) is 3. The standard InChI is InChI=1S/C12H15F2NO4S/c1-3-7(2)11(12(16)17)15-20(18,19)10-5-4-8(13)6-9(10)14/h4-7,11,15H,3H2,1-2H3,(H,16,17). The van der Waals surface area contributed by atoms with Crippen molar-refractivity contribution < 1.29 is 27.1 Å². The molecule has 0 aliphatic heterocycles. The van der Waals surface area contributed by atoms with Gasteiger partial charge in [0.05, 0.1) is 0 Å². The van der Waals surface area contributed by atoms with Crippen molar-refractivity contribution in [1.82, 2.24) is 4.72 Å². The van der Waals surface area contributed by atoms with Gasteiger partial charge in [0, 0.05) is 6.07 Å². The van der Waals surface area contributed by atoms with Crippen molar-refractivity contribution in [1.29, 1.82) is 0 Å². The van der Waals surface area contributed by atoms with Gasteiger partial charge in [-0.3, -0.25) is 4.79 Å². The van der Waals surface area contributed by atoms with E-state index in [1.54, 1.807) is 13.8 Å². The Bertz CT molecular complexity index is 603. The quantitative estimate of drug-likeness (QED) is 0.838. The SMILES string of the molecule is CCC(C)C(NS(=O)(=O)c1ccc(F)cc1F)C(=O)O. The minimum Gasteiger partial charge on any atom is -0.480 e. The van der Waals surface area contributed by atoms with Gasteiger partial charge in [-0.05, 0) is 18.1 Å². The summed E-state index contributed by atoms with van der Waals surface area (Å²) in [7, 11) is -4.38. The molecule has 0 radical (unpaired) electrons. The molecule has 2 N–H and O–H groups in total. The number of aliphatic carboxylic acids is 1. The Morgan fingerprint density at radius 1 is 1.40 bits per heavy atom. The smallest absolute Gasteiger partial charge is 0.322 e. The number of hydrogen-bond donors (Lipinski definition) is 2. The van der Waals surface area contributed by atoms with Crippen LogP contribution in [0.25, 0.3) is 0 Å². The normalized spacial score (nSPS) is 14.8. The molecule has 0 aliphatic rings. The Morgan fingerprint density at radius 2 is 2.00 bits per heavy atom. The molecule has 5 nitrogen and oxygen atoms in total. The van der Waals surface area contributed by atoms with Crippen LogP contribution in [0.4, 0.5) is 8.78 Å². The highest BCUT2D eigenvalue weighted by molar-refractivity contribution is 7.89. The molecule has 1 aromatic carbocycles. The molecule has 0 aromatic heterocycles. The Kier molecular flexibility index (Phi) is 5.18. The zero-order valence-electron chi connectivity index (χ0n) is 10.9. The van der Waals surface area contributed by atoms with E-state index in [-0.39, 0.29) is 0 Å². The number of sulfonamides is 1. The van der Waals surface area contributed by atoms with Crippen LogP contribution in [0.3, 0.4) is 0 Å². The Balaban J connectivity index is 3.13. The lowest BCUT2D eigenvalue weighted by Crippen LogP contribution is -2.45. The van der Waals surface area contributed by atoms with Crippen LogP contribution in [-0.2, 0) is 14.8 Å². The van der Waals surface area contributed by atoms with Crippen LogP contribution in [0.15, 0.2) is 23.1 Å². The van der Waals surface area contributed by atoms with E-state index in [4.69, 9.17) is 5.11 Å². The molecule has 8 heteroatoms. The summed E-state index contributed by atoms with van der Waals surface area (Å²) >= 11 is 0. The molecule has 0 fully saturated rings. The second kappa shape index (κ2) is 6.27. The summed E-state index contributed by atoms with van der Waals surface area (Å²) in [5, 5.41) is 9.02. The van der Waals surface area contributed by atoms with Crippen molar-refractivity contribution in [2.24, 2.45) is 5.92 Å². The third kappa shape index (κ3) is 3.73. The first-order valence-corrected chi connectivity index (χ1v) is 7.37. The van der Waals surface area contributed by atoms with Crippen molar-refractivity contribution >= 4 is 16.0 Å². The lowest BCUT2D eigenvalue weighted by Gasteiger charge is -2.20. The number of rotatable bonds is 6. The average molecular weight is 307 g/mol.